The van der Waals surface area contributed by atoms with E-state index in [1.54, 1.807) is 4.98 Å². The maximum Gasteiger partial charge on any atom is 0.316 e. The second kappa shape index (κ2) is 4.48. The zero-order valence-electron chi connectivity index (χ0n) is 8.82. The van der Waals surface area contributed by atoms with Crippen molar-refractivity contribution >= 4 is 39.8 Å². The van der Waals surface area contributed by atoms with E-state index < -0.39 is 37.7 Å². The van der Waals surface area contributed by atoms with E-state index in [2.05, 4.69) is 0 Å². The smallest absolute Gasteiger partial charge is 0.316 e. The third-order valence-electron chi connectivity index (χ3n) is 2.29. The lowest BCUT2D eigenvalue weighted by Gasteiger charge is -2.00. The highest BCUT2D eigenvalue weighted by Crippen LogP contribution is 2.35. The Kier molecular flexibility index (Phi) is 3.13. The fourth-order valence-corrected chi connectivity index (χ4v) is 1.93. The molecule has 0 aliphatic carbocycles. The normalized spacial score (nSPS) is 10.6. The molecule has 0 aliphatic rings. The minimum atomic E-state index is -1.23. The molecule has 0 unspecified atom stereocenters. The summed E-state index contributed by atoms with van der Waals surface area (Å²) in [5.74, 6) is 0. The average Bonchev–Trinajstić information content (AvgIpc) is 2.40. The zero-order chi connectivity index (χ0) is 14.3. The third-order valence-corrected chi connectivity index (χ3v) is 3.06. The van der Waals surface area contributed by atoms with Crippen LogP contribution in [0, 0.1) is 10.1 Å². The van der Waals surface area contributed by atoms with Crippen LogP contribution in [-0.2, 0) is 0 Å². The van der Waals surface area contributed by atoms with Crippen LogP contribution >= 0.6 is 23.2 Å². The number of nitro groups is 1. The van der Waals surface area contributed by atoms with Gasteiger partial charge in [-0.2, -0.15) is 0 Å². The molecule has 0 bridgehead atoms. The molecule has 0 aliphatic heterocycles. The Hall–Kier alpha value is -2.19. The van der Waals surface area contributed by atoms with Crippen LogP contribution in [0.25, 0.3) is 10.9 Å². The van der Waals surface area contributed by atoms with Gasteiger partial charge in [-0.3, -0.25) is 29.5 Å². The molecule has 1 aromatic carbocycles. The molecule has 1 aromatic heterocycles. The van der Waals surface area contributed by atoms with Gasteiger partial charge in [-0.25, -0.2) is 0 Å². The SMILES string of the molecule is O=c1[nH]c(=O)c2c([N+](=O)[O-])c(Cl)c(Cl)cc2[nH]c1=O. The van der Waals surface area contributed by atoms with Crippen LogP contribution < -0.4 is 16.7 Å². The maximum atomic E-state index is 11.7. The molecule has 19 heavy (non-hydrogen) atoms. The van der Waals surface area contributed by atoms with Gasteiger partial charge in [-0.15, -0.1) is 0 Å². The Morgan fingerprint density at radius 1 is 1.05 bits per heavy atom. The minimum Gasteiger partial charge on any atom is -0.317 e. The molecular formula is C9H3Cl2N3O5. The van der Waals surface area contributed by atoms with E-state index in [4.69, 9.17) is 23.2 Å². The molecule has 0 fully saturated rings. The van der Waals surface area contributed by atoms with Gasteiger partial charge >= 0.3 is 16.8 Å². The van der Waals surface area contributed by atoms with Crippen molar-refractivity contribution in [2.24, 2.45) is 0 Å². The van der Waals surface area contributed by atoms with Crippen molar-refractivity contribution in [1.82, 2.24) is 9.97 Å². The van der Waals surface area contributed by atoms with E-state index in [9.17, 15) is 24.5 Å². The molecule has 8 nitrogen and oxygen atoms in total. The van der Waals surface area contributed by atoms with Crippen LogP contribution in [0.3, 0.4) is 0 Å². The summed E-state index contributed by atoms with van der Waals surface area (Å²) in [4.78, 5) is 47.9. The lowest BCUT2D eigenvalue weighted by molar-refractivity contribution is -0.383. The molecule has 98 valence electrons. The molecule has 1 heterocycles. The van der Waals surface area contributed by atoms with Gasteiger partial charge in [0, 0.05) is 0 Å². The van der Waals surface area contributed by atoms with Gasteiger partial charge in [0.15, 0.2) is 0 Å². The second-order valence-electron chi connectivity index (χ2n) is 3.44. The summed E-state index contributed by atoms with van der Waals surface area (Å²) >= 11 is 11.3. The number of hydrogen-bond donors (Lipinski definition) is 2. The van der Waals surface area contributed by atoms with Crippen LogP contribution in [0.2, 0.25) is 10.0 Å². The van der Waals surface area contributed by atoms with Gasteiger partial charge in [0.25, 0.3) is 5.56 Å². The van der Waals surface area contributed by atoms with Gasteiger partial charge < -0.3 is 4.98 Å². The topological polar surface area (TPSA) is 126 Å². The number of benzene rings is 1. The molecule has 0 saturated heterocycles. The highest BCUT2D eigenvalue weighted by atomic mass is 35.5. The van der Waals surface area contributed by atoms with Crippen molar-refractivity contribution < 1.29 is 4.92 Å². The summed E-state index contributed by atoms with van der Waals surface area (Å²) in [6.07, 6.45) is 0. The number of aromatic amines is 2. The highest BCUT2D eigenvalue weighted by molar-refractivity contribution is 6.44. The number of halogens is 2. The van der Waals surface area contributed by atoms with Crippen molar-refractivity contribution in [2.45, 2.75) is 0 Å². The fraction of sp³-hybridized carbons (Fsp3) is 0. The number of H-pyrrole nitrogens is 2. The van der Waals surface area contributed by atoms with Gasteiger partial charge in [0.2, 0.25) is 0 Å². The molecule has 0 radical (unpaired) electrons. The number of fused-ring (bicyclic) bond motifs is 1. The number of hydrogen-bond acceptors (Lipinski definition) is 5. The van der Waals surface area contributed by atoms with Crippen molar-refractivity contribution in [3.05, 3.63) is 57.3 Å². The van der Waals surface area contributed by atoms with Crippen molar-refractivity contribution in [2.75, 3.05) is 0 Å². The average molecular weight is 304 g/mol. The van der Waals surface area contributed by atoms with E-state index in [0.717, 1.165) is 6.07 Å². The zero-order valence-corrected chi connectivity index (χ0v) is 10.3. The molecule has 0 saturated carbocycles. The van der Waals surface area contributed by atoms with Crippen LogP contribution in [0.15, 0.2) is 20.4 Å². The van der Waals surface area contributed by atoms with Gasteiger partial charge in [-0.1, -0.05) is 23.2 Å². The Bertz CT molecular complexity index is 886. The molecule has 10 heteroatoms. The van der Waals surface area contributed by atoms with E-state index in [0.29, 0.717) is 0 Å². The summed E-state index contributed by atoms with van der Waals surface area (Å²) in [6, 6.07) is 1.06. The summed E-state index contributed by atoms with van der Waals surface area (Å²) in [6.45, 7) is 0. The van der Waals surface area contributed by atoms with E-state index >= 15 is 0 Å². The van der Waals surface area contributed by atoms with Crippen LogP contribution in [0.1, 0.15) is 0 Å². The highest BCUT2D eigenvalue weighted by Gasteiger charge is 2.23. The maximum absolute atomic E-state index is 11.7. The molecule has 2 rings (SSSR count). The first-order chi connectivity index (χ1) is 8.82. The minimum absolute atomic E-state index is 0.227. The Morgan fingerprint density at radius 3 is 2.21 bits per heavy atom. The standard InChI is InChI=1S/C9H3Cl2N3O5/c10-2-1-3-4(6(5(2)11)14(18)19)7(15)13-9(17)8(16)12-3/h1H,(H2,12,13,15,16,17). The summed E-state index contributed by atoms with van der Waals surface area (Å²) in [7, 11) is 0. The second-order valence-corrected chi connectivity index (χ2v) is 4.22. The molecule has 0 atom stereocenters. The summed E-state index contributed by atoms with van der Waals surface area (Å²) in [5, 5.41) is 9.74. The van der Waals surface area contributed by atoms with Crippen LogP contribution in [0.5, 0.6) is 0 Å². The third kappa shape index (κ3) is 2.11. The molecule has 2 aromatic rings. The van der Waals surface area contributed by atoms with Crippen molar-refractivity contribution in [3.8, 4) is 0 Å². The van der Waals surface area contributed by atoms with Gasteiger partial charge in [0.05, 0.1) is 15.5 Å². The van der Waals surface area contributed by atoms with Gasteiger partial charge in [0.1, 0.15) is 10.4 Å². The predicted octanol–water partition coefficient (Wildman–Crippen LogP) is 0.792. The number of nitrogens with zero attached hydrogens (tertiary/aromatic N) is 1. The Morgan fingerprint density at radius 2 is 1.63 bits per heavy atom. The lowest BCUT2D eigenvalue weighted by Crippen LogP contribution is -2.28. The monoisotopic (exact) mass is 303 g/mol. The molecule has 2 N–H and O–H groups in total. The van der Waals surface area contributed by atoms with E-state index in [-0.39, 0.29) is 10.5 Å². The molecular weight excluding hydrogens is 301 g/mol. The van der Waals surface area contributed by atoms with Gasteiger partial charge in [-0.05, 0) is 6.07 Å². The predicted molar refractivity (Wildman–Crippen MR) is 68.1 cm³/mol. The lowest BCUT2D eigenvalue weighted by atomic mass is 10.2. The first kappa shape index (κ1) is 13.2. The number of nitrogens with one attached hydrogen (secondary N) is 2. The van der Waals surface area contributed by atoms with Crippen LogP contribution in [0.4, 0.5) is 5.69 Å². The molecule has 0 amide bonds. The number of rotatable bonds is 1. The van der Waals surface area contributed by atoms with E-state index in [1.807, 2.05) is 4.98 Å². The van der Waals surface area contributed by atoms with Crippen molar-refractivity contribution in [3.63, 3.8) is 0 Å². The first-order valence-corrected chi connectivity index (χ1v) is 5.41. The Labute approximate surface area is 112 Å². The largest absolute Gasteiger partial charge is 0.317 e. The van der Waals surface area contributed by atoms with Crippen molar-refractivity contribution in [1.29, 1.82) is 0 Å². The van der Waals surface area contributed by atoms with Crippen LogP contribution in [-0.4, -0.2) is 14.9 Å². The quantitative estimate of drug-likeness (QED) is 0.457. The number of nitro benzene ring substituents is 1. The first-order valence-electron chi connectivity index (χ1n) is 4.66. The summed E-state index contributed by atoms with van der Waals surface area (Å²) in [5.41, 5.74) is -4.52. The Balaban J connectivity index is 3.28. The molecule has 0 spiro atoms. The number of aromatic nitrogens is 2. The summed E-state index contributed by atoms with van der Waals surface area (Å²) < 4.78 is 0. The fourth-order valence-electron chi connectivity index (χ4n) is 1.51. The van der Waals surface area contributed by atoms with E-state index in [1.165, 1.54) is 0 Å².